The predicted molar refractivity (Wildman–Crippen MR) is 37.1 cm³/mol. The van der Waals surface area contributed by atoms with Crippen LogP contribution in [-0.4, -0.2) is 20.7 Å². The highest BCUT2D eigenvalue weighted by Gasteiger charge is 1.85. The summed E-state index contributed by atoms with van der Waals surface area (Å²) in [5.41, 5.74) is 1.33. The Hall–Kier alpha value is -1.10. The molecule has 1 heterocycles. The molecule has 9 heavy (non-hydrogen) atoms. The van der Waals surface area contributed by atoms with E-state index in [9.17, 15) is 0 Å². The number of aromatic nitrogens is 3. The van der Waals surface area contributed by atoms with Crippen LogP contribution in [0.5, 0.6) is 0 Å². The number of hydrogen-bond donors (Lipinski definition) is 1. The van der Waals surface area contributed by atoms with Gasteiger partial charge in [-0.15, -0.1) is 5.10 Å². The molecule has 4 nitrogen and oxygen atoms in total. The number of nitrogens with zero attached hydrogens (tertiary/aromatic N) is 3. The van der Waals surface area contributed by atoms with Gasteiger partial charge >= 0.3 is 0 Å². The molecule has 0 aromatic carbocycles. The number of rotatable bonds is 2. The monoisotopic (exact) mass is 140 g/mol. The minimum Gasteiger partial charge on any atom is -0.320 e. The van der Waals surface area contributed by atoms with Gasteiger partial charge in [-0.25, -0.2) is 4.98 Å². The Labute approximate surface area is 57.3 Å². The van der Waals surface area contributed by atoms with Crippen molar-refractivity contribution in [2.75, 3.05) is 5.32 Å². The largest absolute Gasteiger partial charge is 0.320 e. The molecule has 0 bridgehead atoms. The summed E-state index contributed by atoms with van der Waals surface area (Å²) in [5.74, 6) is 0.424. The first kappa shape index (κ1) is 6.03. The van der Waals surface area contributed by atoms with E-state index in [1.54, 1.807) is 0 Å². The first-order valence-electron chi connectivity index (χ1n) is 2.27. The molecular weight excluding hydrogens is 136 g/mol. The minimum atomic E-state index is 0.424. The normalized spacial score (nSPS) is 8.44. The van der Waals surface area contributed by atoms with Crippen molar-refractivity contribution >= 4 is 23.7 Å². The fraction of sp³-hybridized carbons (Fsp3) is 0. The van der Waals surface area contributed by atoms with Gasteiger partial charge < -0.3 is 5.32 Å². The molecule has 0 radical (unpaired) electrons. The molecule has 0 unspecified atom stereocenters. The molecule has 0 saturated carbocycles. The van der Waals surface area contributed by atoms with Crippen molar-refractivity contribution in [1.29, 1.82) is 0 Å². The van der Waals surface area contributed by atoms with Crippen LogP contribution in [0.15, 0.2) is 12.4 Å². The van der Waals surface area contributed by atoms with Gasteiger partial charge in [0.2, 0.25) is 5.95 Å². The Kier molecular flexibility index (Phi) is 2.03. The molecule has 46 valence electrons. The van der Waals surface area contributed by atoms with Crippen molar-refractivity contribution in [1.82, 2.24) is 15.2 Å². The fourth-order valence-corrected chi connectivity index (χ4v) is 0.472. The lowest BCUT2D eigenvalue weighted by Gasteiger charge is -1.90. The van der Waals surface area contributed by atoms with Crippen LogP contribution in [0.1, 0.15) is 0 Å². The SMILES string of the molecule is S=CNc1nccnn1. The maximum absolute atomic E-state index is 4.49. The van der Waals surface area contributed by atoms with Gasteiger partial charge in [-0.3, -0.25) is 0 Å². The van der Waals surface area contributed by atoms with E-state index in [0.29, 0.717) is 5.95 Å². The third-order valence-corrected chi connectivity index (χ3v) is 0.788. The summed E-state index contributed by atoms with van der Waals surface area (Å²) in [7, 11) is 0. The third kappa shape index (κ3) is 1.69. The van der Waals surface area contributed by atoms with E-state index in [1.807, 2.05) is 0 Å². The lowest BCUT2D eigenvalue weighted by Crippen LogP contribution is -1.98. The summed E-state index contributed by atoms with van der Waals surface area (Å²) < 4.78 is 0. The quantitative estimate of drug-likeness (QED) is 0.596. The Morgan fingerprint density at radius 2 is 2.44 bits per heavy atom. The number of hydrogen-bond acceptors (Lipinski definition) is 4. The van der Waals surface area contributed by atoms with Crippen LogP contribution in [0.3, 0.4) is 0 Å². The van der Waals surface area contributed by atoms with Gasteiger partial charge in [0, 0.05) is 0 Å². The summed E-state index contributed by atoms with van der Waals surface area (Å²) >= 11 is 4.49. The molecular formula is C4H4N4S. The second-order valence-corrected chi connectivity index (χ2v) is 1.46. The molecule has 0 aliphatic carbocycles. The van der Waals surface area contributed by atoms with Crippen molar-refractivity contribution in [2.24, 2.45) is 0 Å². The van der Waals surface area contributed by atoms with Crippen molar-refractivity contribution < 1.29 is 0 Å². The minimum absolute atomic E-state index is 0.424. The molecule has 1 aromatic rings. The molecule has 0 spiro atoms. The van der Waals surface area contributed by atoms with Crippen LogP contribution < -0.4 is 5.32 Å². The molecule has 0 atom stereocenters. The van der Waals surface area contributed by atoms with E-state index in [4.69, 9.17) is 0 Å². The second-order valence-electron chi connectivity index (χ2n) is 1.23. The van der Waals surface area contributed by atoms with Crippen LogP contribution >= 0.6 is 12.2 Å². The summed E-state index contributed by atoms with van der Waals surface area (Å²) in [6, 6.07) is 0. The van der Waals surface area contributed by atoms with E-state index in [-0.39, 0.29) is 0 Å². The molecule has 0 aliphatic rings. The van der Waals surface area contributed by atoms with E-state index in [1.165, 1.54) is 17.9 Å². The smallest absolute Gasteiger partial charge is 0.247 e. The third-order valence-electron chi connectivity index (χ3n) is 0.671. The van der Waals surface area contributed by atoms with Gasteiger partial charge in [-0.05, 0) is 0 Å². The molecule has 1 rings (SSSR count). The zero-order valence-corrected chi connectivity index (χ0v) is 5.30. The van der Waals surface area contributed by atoms with E-state index >= 15 is 0 Å². The molecule has 5 heteroatoms. The van der Waals surface area contributed by atoms with Crippen molar-refractivity contribution in [3.05, 3.63) is 12.4 Å². The average Bonchev–Trinajstić information content (AvgIpc) is 1.91. The number of thiocarbonyl (C=S) groups is 1. The first-order chi connectivity index (χ1) is 4.43. The van der Waals surface area contributed by atoms with Gasteiger partial charge in [0.25, 0.3) is 0 Å². The Morgan fingerprint density at radius 1 is 1.56 bits per heavy atom. The van der Waals surface area contributed by atoms with E-state index < -0.39 is 0 Å². The molecule has 1 N–H and O–H groups in total. The predicted octanol–water partition coefficient (Wildman–Crippen LogP) is 0.241. The maximum atomic E-state index is 4.49. The van der Waals surface area contributed by atoms with Crippen molar-refractivity contribution in [3.63, 3.8) is 0 Å². The fourth-order valence-electron chi connectivity index (χ4n) is 0.366. The van der Waals surface area contributed by atoms with Gasteiger partial charge in [0.1, 0.15) is 0 Å². The van der Waals surface area contributed by atoms with Gasteiger partial charge in [-0.2, -0.15) is 5.10 Å². The highest BCUT2D eigenvalue weighted by Crippen LogP contribution is 1.86. The number of anilines is 1. The molecule has 1 aromatic heterocycles. The Morgan fingerprint density at radius 3 is 3.00 bits per heavy atom. The van der Waals surface area contributed by atoms with Gasteiger partial charge in [0.15, 0.2) is 0 Å². The Balaban J connectivity index is 2.72. The van der Waals surface area contributed by atoms with Crippen molar-refractivity contribution in [2.45, 2.75) is 0 Å². The van der Waals surface area contributed by atoms with Crippen LogP contribution in [0.4, 0.5) is 5.95 Å². The average molecular weight is 140 g/mol. The highest BCUT2D eigenvalue weighted by atomic mass is 32.1. The summed E-state index contributed by atoms with van der Waals surface area (Å²) in [6.07, 6.45) is 3.03. The first-order valence-corrected chi connectivity index (χ1v) is 2.74. The molecule has 0 amide bonds. The number of nitrogens with one attached hydrogen (secondary N) is 1. The van der Waals surface area contributed by atoms with Crippen molar-refractivity contribution in [3.8, 4) is 0 Å². The Bertz CT molecular complexity index is 187. The maximum Gasteiger partial charge on any atom is 0.247 e. The van der Waals surface area contributed by atoms with Crippen LogP contribution in [0.2, 0.25) is 0 Å². The highest BCUT2D eigenvalue weighted by molar-refractivity contribution is 7.79. The lowest BCUT2D eigenvalue weighted by atomic mass is 10.8. The zero-order chi connectivity index (χ0) is 6.53. The summed E-state index contributed by atoms with van der Waals surface area (Å²) in [4.78, 5) is 3.79. The van der Waals surface area contributed by atoms with E-state index in [2.05, 4.69) is 32.7 Å². The van der Waals surface area contributed by atoms with Crippen LogP contribution in [0.25, 0.3) is 0 Å². The topological polar surface area (TPSA) is 50.7 Å². The van der Waals surface area contributed by atoms with Gasteiger partial charge in [-0.1, -0.05) is 12.2 Å². The second kappa shape index (κ2) is 3.03. The summed E-state index contributed by atoms with van der Waals surface area (Å²) in [5, 5.41) is 9.77. The standard InChI is InChI=1S/C4H4N4S/c9-3-6-4-5-1-2-7-8-4/h1-3H,(H,5,6,8,9). The molecule has 0 saturated heterocycles. The van der Waals surface area contributed by atoms with Crippen LogP contribution in [0, 0.1) is 0 Å². The van der Waals surface area contributed by atoms with Crippen LogP contribution in [-0.2, 0) is 0 Å². The van der Waals surface area contributed by atoms with Gasteiger partial charge in [0.05, 0.1) is 17.9 Å². The summed E-state index contributed by atoms with van der Waals surface area (Å²) in [6.45, 7) is 0. The molecule has 0 fully saturated rings. The van der Waals surface area contributed by atoms with E-state index in [0.717, 1.165) is 0 Å². The lowest BCUT2D eigenvalue weighted by molar-refractivity contribution is 0.983. The zero-order valence-electron chi connectivity index (χ0n) is 4.48. The molecule has 0 aliphatic heterocycles.